The first-order valence-electron chi connectivity index (χ1n) is 8.02. The van der Waals surface area contributed by atoms with Crippen molar-refractivity contribution in [1.82, 2.24) is 14.3 Å². The first kappa shape index (κ1) is 15.3. The van der Waals surface area contributed by atoms with E-state index in [0.29, 0.717) is 23.5 Å². The van der Waals surface area contributed by atoms with Crippen molar-refractivity contribution >= 4 is 22.7 Å². The zero-order chi connectivity index (χ0) is 17.4. The molecule has 0 saturated heterocycles. The lowest BCUT2D eigenvalue weighted by molar-refractivity contribution is 0.101. The number of aromatic nitrogens is 3. The first-order chi connectivity index (χ1) is 12.1. The van der Waals surface area contributed by atoms with E-state index < -0.39 is 0 Å². The third-order valence-electron chi connectivity index (χ3n) is 4.18. The summed E-state index contributed by atoms with van der Waals surface area (Å²) in [4.78, 5) is 12.7. The molecular formula is C19H18N4O2. The topological polar surface area (TPSA) is 65.0 Å². The van der Waals surface area contributed by atoms with Crippen LogP contribution in [0.2, 0.25) is 0 Å². The van der Waals surface area contributed by atoms with E-state index in [1.54, 1.807) is 29.4 Å². The number of nitrogens with zero attached hydrogens (tertiary/aromatic N) is 3. The molecule has 0 bridgehead atoms. The summed E-state index contributed by atoms with van der Waals surface area (Å²) >= 11 is 0. The van der Waals surface area contributed by atoms with Crippen LogP contribution in [-0.4, -0.2) is 20.3 Å². The average Bonchev–Trinajstić information content (AvgIpc) is 3.27. The number of rotatable bonds is 4. The highest BCUT2D eigenvalue weighted by atomic mass is 16.3. The Kier molecular flexibility index (Phi) is 3.65. The summed E-state index contributed by atoms with van der Waals surface area (Å²) in [5, 5.41) is 6.95. The second-order valence-corrected chi connectivity index (χ2v) is 6.13. The zero-order valence-corrected chi connectivity index (χ0v) is 14.1. The van der Waals surface area contributed by atoms with Gasteiger partial charge in [-0.2, -0.15) is 5.10 Å². The number of hydrogen-bond acceptors (Lipinski definition) is 3. The van der Waals surface area contributed by atoms with Crippen LogP contribution in [0.5, 0.6) is 0 Å². The van der Waals surface area contributed by atoms with E-state index in [2.05, 4.69) is 41.6 Å². The van der Waals surface area contributed by atoms with Crippen molar-refractivity contribution in [2.75, 3.05) is 5.32 Å². The van der Waals surface area contributed by atoms with Gasteiger partial charge in [0.1, 0.15) is 5.69 Å². The van der Waals surface area contributed by atoms with Gasteiger partial charge >= 0.3 is 0 Å². The second-order valence-electron chi connectivity index (χ2n) is 6.13. The molecule has 1 N–H and O–H groups in total. The first-order valence-corrected chi connectivity index (χ1v) is 8.02. The van der Waals surface area contributed by atoms with Crippen molar-refractivity contribution in [3.05, 3.63) is 71.9 Å². The molecule has 6 nitrogen and oxygen atoms in total. The molecule has 126 valence electrons. The van der Waals surface area contributed by atoms with Crippen LogP contribution in [0.1, 0.15) is 21.6 Å². The molecule has 4 aromatic rings. The highest BCUT2D eigenvalue weighted by Crippen LogP contribution is 2.23. The number of aryl methyl sites for hydroxylation is 2. The van der Waals surface area contributed by atoms with Crippen molar-refractivity contribution in [1.29, 1.82) is 0 Å². The maximum atomic E-state index is 12.7. The van der Waals surface area contributed by atoms with Crippen LogP contribution in [0.4, 0.5) is 5.69 Å². The van der Waals surface area contributed by atoms with Crippen LogP contribution in [0.25, 0.3) is 11.1 Å². The van der Waals surface area contributed by atoms with Gasteiger partial charge in [-0.05, 0) is 12.5 Å². The maximum Gasteiger partial charge on any atom is 0.272 e. The summed E-state index contributed by atoms with van der Waals surface area (Å²) in [6.45, 7) is 2.65. The van der Waals surface area contributed by atoms with Gasteiger partial charge in [-0.3, -0.25) is 9.48 Å². The van der Waals surface area contributed by atoms with Crippen molar-refractivity contribution in [3.63, 3.8) is 0 Å². The molecule has 0 radical (unpaired) electrons. The van der Waals surface area contributed by atoms with Crippen molar-refractivity contribution < 1.29 is 9.21 Å². The number of carbonyl (C=O) groups is 1. The SMILES string of the molecule is Cc1ccc(Cn2c(C(=O)Nc3cnn(C)c3)cc3occc32)cc1. The van der Waals surface area contributed by atoms with Crippen LogP contribution in [0.15, 0.2) is 59.5 Å². The van der Waals surface area contributed by atoms with Gasteiger partial charge in [0.15, 0.2) is 5.58 Å². The fourth-order valence-electron chi connectivity index (χ4n) is 2.89. The fraction of sp³-hybridized carbons (Fsp3) is 0.158. The Morgan fingerprint density at radius 3 is 2.76 bits per heavy atom. The Labute approximate surface area is 144 Å². The third-order valence-corrected chi connectivity index (χ3v) is 4.18. The minimum Gasteiger partial charge on any atom is -0.463 e. The number of anilines is 1. The van der Waals surface area contributed by atoms with Crippen LogP contribution < -0.4 is 5.32 Å². The molecule has 25 heavy (non-hydrogen) atoms. The van der Waals surface area contributed by atoms with Gasteiger partial charge in [0, 0.05) is 31.9 Å². The van der Waals surface area contributed by atoms with Gasteiger partial charge in [-0.25, -0.2) is 0 Å². The van der Waals surface area contributed by atoms with Gasteiger partial charge in [-0.15, -0.1) is 0 Å². The van der Waals surface area contributed by atoms with Gasteiger partial charge in [-0.1, -0.05) is 29.8 Å². The monoisotopic (exact) mass is 334 g/mol. The molecular weight excluding hydrogens is 316 g/mol. The zero-order valence-electron chi connectivity index (χ0n) is 14.1. The number of benzene rings is 1. The van der Waals surface area contributed by atoms with Crippen LogP contribution in [-0.2, 0) is 13.6 Å². The molecule has 1 aromatic carbocycles. The standard InChI is InChI=1S/C19H18N4O2/c1-13-3-5-14(6-4-13)11-23-16-7-8-25-18(16)9-17(23)19(24)21-15-10-20-22(2)12-15/h3-10,12H,11H2,1-2H3,(H,21,24). The maximum absolute atomic E-state index is 12.7. The number of carbonyl (C=O) groups excluding carboxylic acids is 1. The summed E-state index contributed by atoms with van der Waals surface area (Å²) in [7, 11) is 1.81. The molecule has 0 fully saturated rings. The number of fused-ring (bicyclic) bond motifs is 1. The molecule has 4 rings (SSSR count). The van der Waals surface area contributed by atoms with E-state index in [0.717, 1.165) is 11.1 Å². The summed E-state index contributed by atoms with van der Waals surface area (Å²) in [5.41, 5.74) is 5.14. The lowest BCUT2D eigenvalue weighted by atomic mass is 10.1. The molecule has 0 atom stereocenters. The van der Waals surface area contributed by atoms with Crippen molar-refractivity contribution in [2.45, 2.75) is 13.5 Å². The molecule has 1 amide bonds. The van der Waals surface area contributed by atoms with Crippen LogP contribution in [0.3, 0.4) is 0 Å². The molecule has 0 spiro atoms. The smallest absolute Gasteiger partial charge is 0.272 e. The Balaban J connectivity index is 1.69. The minimum atomic E-state index is -0.188. The lowest BCUT2D eigenvalue weighted by Crippen LogP contribution is -2.17. The van der Waals surface area contributed by atoms with E-state index in [4.69, 9.17) is 4.42 Å². The minimum absolute atomic E-state index is 0.188. The quantitative estimate of drug-likeness (QED) is 0.620. The number of hydrogen-bond donors (Lipinski definition) is 1. The highest BCUT2D eigenvalue weighted by molar-refractivity contribution is 6.05. The average molecular weight is 334 g/mol. The van der Waals surface area contributed by atoms with Crippen molar-refractivity contribution in [3.8, 4) is 0 Å². The van der Waals surface area contributed by atoms with E-state index in [-0.39, 0.29) is 5.91 Å². The predicted octanol–water partition coefficient (Wildman–Crippen LogP) is 3.58. The van der Waals surface area contributed by atoms with E-state index in [1.165, 1.54) is 5.56 Å². The van der Waals surface area contributed by atoms with Gasteiger partial charge in [0.25, 0.3) is 5.91 Å². The Bertz CT molecular complexity index is 1040. The van der Waals surface area contributed by atoms with Crippen molar-refractivity contribution in [2.24, 2.45) is 7.05 Å². The largest absolute Gasteiger partial charge is 0.463 e. The van der Waals surface area contributed by atoms with Gasteiger partial charge < -0.3 is 14.3 Å². The van der Waals surface area contributed by atoms with E-state index >= 15 is 0 Å². The summed E-state index contributed by atoms with van der Waals surface area (Å²) in [6, 6.07) is 11.9. The van der Waals surface area contributed by atoms with E-state index in [1.807, 2.05) is 17.7 Å². The molecule has 0 aliphatic heterocycles. The molecule has 0 aliphatic carbocycles. The third kappa shape index (κ3) is 2.94. The lowest BCUT2D eigenvalue weighted by Gasteiger charge is -2.10. The number of furan rings is 1. The van der Waals surface area contributed by atoms with Crippen LogP contribution in [0, 0.1) is 6.92 Å². The second kappa shape index (κ2) is 5.98. The summed E-state index contributed by atoms with van der Waals surface area (Å²) < 4.78 is 9.10. The molecule has 0 aliphatic rings. The number of nitrogens with one attached hydrogen (secondary N) is 1. The van der Waals surface area contributed by atoms with Gasteiger partial charge in [0.05, 0.1) is 23.7 Å². The highest BCUT2D eigenvalue weighted by Gasteiger charge is 2.18. The molecule has 3 aromatic heterocycles. The van der Waals surface area contributed by atoms with Gasteiger partial charge in [0.2, 0.25) is 0 Å². The van der Waals surface area contributed by atoms with Crippen LogP contribution >= 0.6 is 0 Å². The summed E-state index contributed by atoms with van der Waals surface area (Å²) in [5.74, 6) is -0.188. The molecule has 3 heterocycles. The van der Waals surface area contributed by atoms with E-state index in [9.17, 15) is 4.79 Å². The number of amides is 1. The Morgan fingerprint density at radius 2 is 2.04 bits per heavy atom. The molecule has 0 unspecified atom stereocenters. The normalized spacial score (nSPS) is 11.1. The predicted molar refractivity (Wildman–Crippen MR) is 95.6 cm³/mol. The Morgan fingerprint density at radius 1 is 1.24 bits per heavy atom. The molecule has 6 heteroatoms. The fourth-order valence-corrected chi connectivity index (χ4v) is 2.89. The molecule has 0 saturated carbocycles. The Hall–Kier alpha value is -3.28. The summed E-state index contributed by atoms with van der Waals surface area (Å²) in [6.07, 6.45) is 5.02.